The molecular weight excluding hydrogens is 763 g/mol. The average molecular weight is 833 g/mol. The van der Waals surface area contributed by atoms with Gasteiger partial charge in [-0.2, -0.15) is 0 Å². The van der Waals surface area contributed by atoms with E-state index in [0.29, 0.717) is 11.8 Å². The molecule has 0 amide bonds. The van der Waals surface area contributed by atoms with Crippen molar-refractivity contribution >= 4 is 37.9 Å². The molecule has 1 saturated carbocycles. The van der Waals surface area contributed by atoms with Crippen LogP contribution in [-0.2, 0) is 24.7 Å². The third-order valence-corrected chi connectivity index (χ3v) is 36.3. The number of hydrogen-bond donors (Lipinski definition) is 0. The van der Waals surface area contributed by atoms with Crippen molar-refractivity contribution in [2.24, 2.45) is 38.9 Å². The van der Waals surface area contributed by atoms with Crippen LogP contribution in [0.1, 0.15) is 126 Å². The van der Waals surface area contributed by atoms with Crippen molar-refractivity contribution in [3.8, 4) is 0 Å². The predicted molar refractivity (Wildman–Crippen MR) is 236 cm³/mol. The van der Waals surface area contributed by atoms with Gasteiger partial charge in [-0.3, -0.25) is 0 Å². The Labute approximate surface area is 337 Å². The molecule has 0 spiro atoms. The van der Waals surface area contributed by atoms with Gasteiger partial charge < -0.3 is 0 Å². The number of unbranched alkanes of at least 4 members (excludes halogenated alkanes) is 1. The van der Waals surface area contributed by atoms with Crippen molar-refractivity contribution in [3.63, 3.8) is 0 Å². The quantitative estimate of drug-likeness (QED) is 0.272. The Bertz CT molecular complexity index is 2020. The molecule has 2 aromatic rings. The third-order valence-electron chi connectivity index (χ3n) is 17.7. The molecule has 5 aliphatic carbocycles. The summed E-state index contributed by atoms with van der Waals surface area (Å²) in [7, 11) is 0. The molecule has 7 rings (SSSR count). The number of rotatable bonds is 6. The summed E-state index contributed by atoms with van der Waals surface area (Å²) in [6, 6.07) is 21.4. The fraction of sp³-hybridized carbons (Fsp3) is 0.540. The Morgan fingerprint density at radius 2 is 1.45 bits per heavy atom. The van der Waals surface area contributed by atoms with E-state index in [1.165, 1.54) is 42.4 Å². The molecule has 53 heavy (non-hydrogen) atoms. The molecular formula is C50H70Cl2Zr. The number of benzene rings is 2. The van der Waals surface area contributed by atoms with E-state index in [2.05, 4.69) is 167 Å². The molecule has 0 nitrogen and oxygen atoms in total. The molecule has 0 saturated heterocycles. The Hall–Kier alpha value is -1.53. The van der Waals surface area contributed by atoms with Crippen LogP contribution in [0.2, 0.25) is 7.75 Å². The van der Waals surface area contributed by atoms with Gasteiger partial charge in [0.15, 0.2) is 0 Å². The number of hydrogen-bond acceptors (Lipinski definition) is 0. The van der Waals surface area contributed by atoms with E-state index in [0.717, 1.165) is 12.8 Å². The van der Waals surface area contributed by atoms with Crippen LogP contribution in [0, 0.1) is 38.9 Å². The first-order valence-corrected chi connectivity index (χ1v) is 28.3. The number of allylic oxidation sites excluding steroid dienone is 10. The molecule has 2 aromatic carbocycles. The van der Waals surface area contributed by atoms with E-state index in [1.807, 2.05) is 0 Å². The molecule has 0 aliphatic heterocycles. The van der Waals surface area contributed by atoms with Gasteiger partial charge >= 0.3 is 315 Å². The summed E-state index contributed by atoms with van der Waals surface area (Å²) in [5.41, 5.74) is 11.2. The van der Waals surface area contributed by atoms with Gasteiger partial charge in [0.05, 0.1) is 0 Å². The predicted octanol–water partition coefficient (Wildman–Crippen LogP) is 14.6. The molecule has 288 valence electrons. The van der Waals surface area contributed by atoms with E-state index in [4.69, 9.17) is 4.21 Å². The van der Waals surface area contributed by atoms with E-state index < -0.39 is 18.3 Å². The minimum atomic E-state index is -4.82. The molecule has 0 N–H and O–H groups in total. The SMILES string of the molecule is Cl.Cl.[CH2]=[Zr]([CH3])([C]1=CC(C(C)(C)C)=CC1CCCC)([c]1ccccc1)[C]1(C)C2=C3Cc4ccccc4C3=C3C=CCCC3C2(C)C(C)(C)C(C)(C)C1(C)C. The second-order valence-electron chi connectivity index (χ2n) is 20.8. The number of fused-ring (bicyclic) bond motifs is 6. The van der Waals surface area contributed by atoms with E-state index in [-0.39, 0.29) is 55.0 Å². The van der Waals surface area contributed by atoms with Crippen LogP contribution in [0.15, 0.2) is 104 Å². The minimum absolute atomic E-state index is 0. The maximum atomic E-state index is 6.07. The summed E-state index contributed by atoms with van der Waals surface area (Å²) in [4.78, 5) is 0. The molecule has 0 radical (unpaired) electrons. The van der Waals surface area contributed by atoms with Gasteiger partial charge in [-0.1, -0.05) is 0 Å². The summed E-state index contributed by atoms with van der Waals surface area (Å²) >= 11 is -4.82. The first kappa shape index (κ1) is 42.6. The molecule has 0 bridgehead atoms. The zero-order chi connectivity index (χ0) is 37.2. The second kappa shape index (κ2) is 13.3. The third kappa shape index (κ3) is 5.10. The molecule has 5 aliphatic rings. The monoisotopic (exact) mass is 830 g/mol. The zero-order valence-electron chi connectivity index (χ0n) is 35.4. The van der Waals surface area contributed by atoms with E-state index in [1.54, 1.807) is 28.8 Å². The molecule has 4 atom stereocenters. The van der Waals surface area contributed by atoms with Gasteiger partial charge in [-0.15, -0.1) is 24.8 Å². The zero-order valence-corrected chi connectivity index (χ0v) is 39.5. The molecule has 0 aromatic heterocycles. The maximum absolute atomic E-state index is 6.07. The van der Waals surface area contributed by atoms with Crippen LogP contribution in [-0.4, -0.2) is 4.21 Å². The van der Waals surface area contributed by atoms with Crippen molar-refractivity contribution in [1.29, 1.82) is 0 Å². The standard InChI is InChI=1S/C29H37.C13H21.C6H5.CH3.CH2.2ClH.Zr/c1-18-25-22-17-19-13-9-10-14-20(19)24(22)21-15-11-12-16-23(21)29(25,8)28(6,7)27(4,5)26(18,2)3;1-5-6-7-11-8-9-12(10-11)13(2,3)4;1-2-4-6-5-3-1;;;;;/h9-11,13-15,23H,12,16-17H2,1-8H3;9-11H,5-7H2,1-4H3;1-5H;1H3;1H2;2*1H;. The van der Waals surface area contributed by atoms with Gasteiger partial charge in [0.1, 0.15) is 0 Å². The summed E-state index contributed by atoms with van der Waals surface area (Å²) in [5, 5.41) is 0. The Balaban J connectivity index is 0.00000271. The molecule has 3 heteroatoms. The van der Waals surface area contributed by atoms with Crippen LogP contribution < -0.4 is 3.27 Å². The summed E-state index contributed by atoms with van der Waals surface area (Å²) < 4.78 is 12.0. The first-order chi connectivity index (χ1) is 23.6. The molecule has 4 unspecified atom stereocenters. The second-order valence-corrected chi connectivity index (χ2v) is 36.0. The summed E-state index contributed by atoms with van der Waals surface area (Å²) in [6.07, 6.45) is 17.6. The fourth-order valence-electron chi connectivity index (χ4n) is 13.2. The van der Waals surface area contributed by atoms with E-state index >= 15 is 0 Å². The van der Waals surface area contributed by atoms with Gasteiger partial charge in [0, 0.05) is 0 Å². The Kier molecular flexibility index (Phi) is 10.7. The van der Waals surface area contributed by atoms with Gasteiger partial charge in [-0.25, -0.2) is 0 Å². The number of halogens is 2. The van der Waals surface area contributed by atoms with Crippen LogP contribution >= 0.6 is 24.8 Å². The van der Waals surface area contributed by atoms with Crippen LogP contribution in [0.4, 0.5) is 0 Å². The van der Waals surface area contributed by atoms with Crippen molar-refractivity contribution < 1.29 is 18.3 Å². The molecule has 1 fully saturated rings. The first-order valence-electron chi connectivity index (χ1n) is 20.4. The van der Waals surface area contributed by atoms with Gasteiger partial charge in [0.2, 0.25) is 0 Å². The van der Waals surface area contributed by atoms with Crippen LogP contribution in [0.25, 0.3) is 5.57 Å². The average Bonchev–Trinajstić information content (AvgIpc) is 3.70. The van der Waals surface area contributed by atoms with Crippen LogP contribution in [0.3, 0.4) is 0 Å². The van der Waals surface area contributed by atoms with Crippen molar-refractivity contribution in [2.75, 3.05) is 0 Å². The topological polar surface area (TPSA) is 0 Å². The van der Waals surface area contributed by atoms with Gasteiger partial charge in [0.25, 0.3) is 0 Å². The van der Waals surface area contributed by atoms with Crippen molar-refractivity contribution in [1.82, 2.24) is 0 Å². The van der Waals surface area contributed by atoms with Crippen molar-refractivity contribution in [3.05, 3.63) is 116 Å². The van der Waals surface area contributed by atoms with Crippen LogP contribution in [0.5, 0.6) is 0 Å². The summed E-state index contributed by atoms with van der Waals surface area (Å²) in [6.45, 7) is 31.3. The Morgan fingerprint density at radius 3 is 2.08 bits per heavy atom. The summed E-state index contributed by atoms with van der Waals surface area (Å²) in [5.74, 6) is 0.904. The Morgan fingerprint density at radius 1 is 0.830 bits per heavy atom. The molecule has 0 heterocycles. The van der Waals surface area contributed by atoms with E-state index in [9.17, 15) is 0 Å². The van der Waals surface area contributed by atoms with Gasteiger partial charge in [-0.05, 0) is 0 Å². The fourth-order valence-corrected chi connectivity index (χ4v) is 31.5. The van der Waals surface area contributed by atoms with Crippen molar-refractivity contribution in [2.45, 2.75) is 129 Å². The normalized spacial score (nSPS) is 29.5.